The molecule has 1 aliphatic rings. The highest BCUT2D eigenvalue weighted by Crippen LogP contribution is 2.29. The number of nitrogens with zero attached hydrogens (tertiary/aromatic N) is 1. The highest BCUT2D eigenvalue weighted by atomic mass is 32.1. The van der Waals surface area contributed by atoms with E-state index >= 15 is 0 Å². The fourth-order valence-corrected chi connectivity index (χ4v) is 3.56. The topological polar surface area (TPSA) is 36.6 Å². The average molecular weight is 277 g/mol. The van der Waals surface area contributed by atoms with Gasteiger partial charge in [-0.1, -0.05) is 6.07 Å². The third-order valence-corrected chi connectivity index (χ3v) is 4.67. The van der Waals surface area contributed by atoms with Gasteiger partial charge in [0.2, 0.25) is 0 Å². The molecule has 2 aromatic rings. The standard InChI is InChI=1S/C15H19NO2S/c17-14(15-6-2-8-18-15)10-12-4-1-7-16(12)11-13-5-3-9-19-13/h2-3,5-6,8-9,12,14,17H,1,4,7,10-11H2. The van der Waals surface area contributed by atoms with Gasteiger partial charge in [-0.25, -0.2) is 0 Å². The van der Waals surface area contributed by atoms with Crippen LogP contribution in [0.3, 0.4) is 0 Å². The number of aliphatic hydroxyl groups excluding tert-OH is 1. The highest BCUT2D eigenvalue weighted by molar-refractivity contribution is 7.09. The zero-order valence-electron chi connectivity index (χ0n) is 10.9. The van der Waals surface area contributed by atoms with Crippen LogP contribution in [0.25, 0.3) is 0 Å². The largest absolute Gasteiger partial charge is 0.467 e. The number of rotatable bonds is 5. The van der Waals surface area contributed by atoms with Gasteiger partial charge in [-0.2, -0.15) is 0 Å². The van der Waals surface area contributed by atoms with Gasteiger partial charge < -0.3 is 9.52 Å². The third kappa shape index (κ3) is 3.08. The van der Waals surface area contributed by atoms with Crippen molar-refractivity contribution in [1.29, 1.82) is 0 Å². The molecular weight excluding hydrogens is 258 g/mol. The van der Waals surface area contributed by atoms with Crippen molar-refractivity contribution in [1.82, 2.24) is 4.90 Å². The lowest BCUT2D eigenvalue weighted by Crippen LogP contribution is -2.30. The number of aliphatic hydroxyl groups is 1. The number of thiophene rings is 1. The first kappa shape index (κ1) is 12.9. The maximum absolute atomic E-state index is 10.2. The van der Waals surface area contributed by atoms with E-state index in [-0.39, 0.29) is 0 Å². The van der Waals surface area contributed by atoms with Crippen molar-refractivity contribution < 1.29 is 9.52 Å². The van der Waals surface area contributed by atoms with Crippen molar-refractivity contribution in [3.63, 3.8) is 0 Å². The van der Waals surface area contributed by atoms with E-state index in [1.54, 1.807) is 17.6 Å². The molecule has 1 fully saturated rings. The summed E-state index contributed by atoms with van der Waals surface area (Å²) >= 11 is 1.81. The van der Waals surface area contributed by atoms with Gasteiger partial charge in [0.1, 0.15) is 11.9 Å². The van der Waals surface area contributed by atoms with Crippen molar-refractivity contribution in [3.05, 3.63) is 46.5 Å². The molecule has 4 heteroatoms. The van der Waals surface area contributed by atoms with Gasteiger partial charge in [0.25, 0.3) is 0 Å². The van der Waals surface area contributed by atoms with Crippen LogP contribution in [-0.2, 0) is 6.54 Å². The van der Waals surface area contributed by atoms with Crippen LogP contribution in [0.4, 0.5) is 0 Å². The van der Waals surface area contributed by atoms with Gasteiger partial charge in [-0.05, 0) is 49.4 Å². The van der Waals surface area contributed by atoms with E-state index in [2.05, 4.69) is 22.4 Å². The Morgan fingerprint density at radius 2 is 2.37 bits per heavy atom. The van der Waals surface area contributed by atoms with Crippen molar-refractivity contribution in [2.24, 2.45) is 0 Å². The lowest BCUT2D eigenvalue weighted by Gasteiger charge is -2.25. The summed E-state index contributed by atoms with van der Waals surface area (Å²) in [5.74, 6) is 0.683. The molecule has 0 radical (unpaired) electrons. The fourth-order valence-electron chi connectivity index (χ4n) is 2.83. The Kier molecular flexibility index (Phi) is 4.01. The summed E-state index contributed by atoms with van der Waals surface area (Å²) in [5, 5.41) is 12.3. The van der Waals surface area contributed by atoms with Crippen molar-refractivity contribution in [2.75, 3.05) is 6.54 Å². The Hall–Kier alpha value is -1.10. The summed E-state index contributed by atoms with van der Waals surface area (Å²) in [7, 11) is 0. The lowest BCUT2D eigenvalue weighted by atomic mass is 10.1. The van der Waals surface area contributed by atoms with Crippen LogP contribution in [0.15, 0.2) is 40.3 Å². The SMILES string of the molecule is OC(CC1CCCN1Cc1cccs1)c1ccco1. The molecule has 1 N–H and O–H groups in total. The van der Waals surface area contributed by atoms with Crippen LogP contribution < -0.4 is 0 Å². The predicted octanol–water partition coefficient (Wildman–Crippen LogP) is 3.43. The number of furan rings is 1. The maximum atomic E-state index is 10.2. The van der Waals surface area contributed by atoms with Gasteiger partial charge in [-0.15, -0.1) is 11.3 Å². The minimum Gasteiger partial charge on any atom is -0.467 e. The highest BCUT2D eigenvalue weighted by Gasteiger charge is 2.28. The third-order valence-electron chi connectivity index (χ3n) is 3.81. The first-order valence-corrected chi connectivity index (χ1v) is 7.69. The van der Waals surface area contributed by atoms with Crippen LogP contribution in [0.2, 0.25) is 0 Å². The summed E-state index contributed by atoms with van der Waals surface area (Å²) in [6.45, 7) is 2.14. The Morgan fingerprint density at radius 1 is 1.42 bits per heavy atom. The molecule has 2 aromatic heterocycles. The summed E-state index contributed by atoms with van der Waals surface area (Å²) in [6, 6.07) is 8.42. The summed E-state index contributed by atoms with van der Waals surface area (Å²) < 4.78 is 5.28. The molecule has 0 aromatic carbocycles. The minimum absolute atomic E-state index is 0.460. The summed E-state index contributed by atoms with van der Waals surface area (Å²) in [4.78, 5) is 3.89. The number of hydrogen-bond donors (Lipinski definition) is 1. The molecule has 3 heterocycles. The van der Waals surface area contributed by atoms with Gasteiger partial charge in [0.15, 0.2) is 0 Å². The molecule has 19 heavy (non-hydrogen) atoms. The molecule has 2 atom stereocenters. The van der Waals surface area contributed by atoms with E-state index in [4.69, 9.17) is 4.42 Å². The summed E-state index contributed by atoms with van der Waals surface area (Å²) in [6.07, 6.45) is 4.29. The lowest BCUT2D eigenvalue weighted by molar-refractivity contribution is 0.0998. The second-order valence-electron chi connectivity index (χ2n) is 5.11. The maximum Gasteiger partial charge on any atom is 0.132 e. The minimum atomic E-state index is -0.482. The van der Waals surface area contributed by atoms with E-state index in [1.165, 1.54) is 17.7 Å². The first-order chi connectivity index (χ1) is 9.33. The average Bonchev–Trinajstić information content (AvgIpc) is 3.12. The molecule has 1 saturated heterocycles. The van der Waals surface area contributed by atoms with E-state index in [9.17, 15) is 5.11 Å². The molecule has 3 rings (SSSR count). The molecule has 0 amide bonds. The van der Waals surface area contributed by atoms with Crippen molar-refractivity contribution in [2.45, 2.75) is 38.0 Å². The molecule has 3 nitrogen and oxygen atoms in total. The van der Waals surface area contributed by atoms with E-state index < -0.39 is 6.10 Å². The van der Waals surface area contributed by atoms with E-state index in [0.29, 0.717) is 11.8 Å². The molecular formula is C15H19NO2S. The Morgan fingerprint density at radius 3 is 3.11 bits per heavy atom. The van der Waals surface area contributed by atoms with E-state index in [0.717, 1.165) is 19.5 Å². The van der Waals surface area contributed by atoms with Crippen LogP contribution in [-0.4, -0.2) is 22.6 Å². The van der Waals surface area contributed by atoms with Gasteiger partial charge in [-0.3, -0.25) is 4.90 Å². The summed E-state index contributed by atoms with van der Waals surface area (Å²) in [5.41, 5.74) is 0. The Labute approximate surface area is 117 Å². The van der Waals surface area contributed by atoms with Crippen LogP contribution in [0, 0.1) is 0 Å². The zero-order chi connectivity index (χ0) is 13.1. The molecule has 102 valence electrons. The predicted molar refractivity (Wildman–Crippen MR) is 76.0 cm³/mol. The Bertz CT molecular complexity index is 480. The van der Waals surface area contributed by atoms with Crippen LogP contribution in [0.1, 0.15) is 36.0 Å². The fraction of sp³-hybridized carbons (Fsp3) is 0.467. The molecule has 2 unspecified atom stereocenters. The first-order valence-electron chi connectivity index (χ1n) is 6.81. The van der Waals surface area contributed by atoms with E-state index in [1.807, 2.05) is 12.1 Å². The second kappa shape index (κ2) is 5.90. The molecule has 1 aliphatic heterocycles. The Balaban J connectivity index is 1.60. The molecule has 0 spiro atoms. The van der Waals surface area contributed by atoms with Crippen LogP contribution in [0.5, 0.6) is 0 Å². The molecule has 0 bridgehead atoms. The molecule has 0 saturated carbocycles. The quantitative estimate of drug-likeness (QED) is 0.909. The van der Waals surface area contributed by atoms with Crippen LogP contribution >= 0.6 is 11.3 Å². The van der Waals surface area contributed by atoms with Crippen molar-refractivity contribution in [3.8, 4) is 0 Å². The monoisotopic (exact) mass is 277 g/mol. The molecule has 0 aliphatic carbocycles. The zero-order valence-corrected chi connectivity index (χ0v) is 11.7. The van der Waals surface area contributed by atoms with Gasteiger partial charge in [0.05, 0.1) is 6.26 Å². The van der Waals surface area contributed by atoms with Gasteiger partial charge >= 0.3 is 0 Å². The second-order valence-corrected chi connectivity index (χ2v) is 6.15. The number of hydrogen-bond acceptors (Lipinski definition) is 4. The van der Waals surface area contributed by atoms with Gasteiger partial charge in [0, 0.05) is 17.5 Å². The van der Waals surface area contributed by atoms with Crippen molar-refractivity contribution >= 4 is 11.3 Å². The smallest absolute Gasteiger partial charge is 0.132 e. The number of likely N-dealkylation sites (tertiary alicyclic amines) is 1. The normalized spacial score (nSPS) is 21.8.